The Morgan fingerprint density at radius 2 is 2.33 bits per heavy atom. The summed E-state index contributed by atoms with van der Waals surface area (Å²) in [6.45, 7) is 0.501. The Bertz CT molecular complexity index is 587. The van der Waals surface area contributed by atoms with Gasteiger partial charge < -0.3 is 4.18 Å². The van der Waals surface area contributed by atoms with Crippen LogP contribution in [-0.4, -0.2) is 21.2 Å². The topological polar surface area (TPSA) is 55.4 Å². The minimum atomic E-state index is -3.48. The summed E-state index contributed by atoms with van der Waals surface area (Å²) in [6.07, 6.45) is 8.20. The van der Waals surface area contributed by atoms with Crippen molar-refractivity contribution in [2.75, 3.05) is 12.8 Å². The predicted molar refractivity (Wildman–Crippen MR) is 69.8 cm³/mol. The molecule has 1 aliphatic carbocycles. The SMILES string of the molecule is C#CCN[C@H]1CCc2ccc(OS(C)(=O)=O)cc21. The minimum Gasteiger partial charge on any atom is -0.383 e. The fourth-order valence-corrected chi connectivity index (χ4v) is 2.65. The van der Waals surface area contributed by atoms with Crippen molar-refractivity contribution in [3.63, 3.8) is 0 Å². The van der Waals surface area contributed by atoms with Gasteiger partial charge in [-0.05, 0) is 36.1 Å². The van der Waals surface area contributed by atoms with Gasteiger partial charge in [0.25, 0.3) is 0 Å². The van der Waals surface area contributed by atoms with E-state index in [1.165, 1.54) is 5.56 Å². The maximum Gasteiger partial charge on any atom is 0.306 e. The quantitative estimate of drug-likeness (QED) is 0.657. The van der Waals surface area contributed by atoms with Gasteiger partial charge in [0.15, 0.2) is 0 Å². The van der Waals surface area contributed by atoms with E-state index in [1.54, 1.807) is 12.1 Å². The van der Waals surface area contributed by atoms with E-state index >= 15 is 0 Å². The van der Waals surface area contributed by atoms with Crippen LogP contribution in [0.15, 0.2) is 18.2 Å². The maximum absolute atomic E-state index is 11.1. The molecule has 0 spiro atoms. The van der Waals surface area contributed by atoms with E-state index in [0.29, 0.717) is 12.3 Å². The van der Waals surface area contributed by atoms with Crippen LogP contribution in [0.5, 0.6) is 5.75 Å². The maximum atomic E-state index is 11.1. The molecule has 1 N–H and O–H groups in total. The van der Waals surface area contributed by atoms with E-state index in [-0.39, 0.29) is 6.04 Å². The average Bonchev–Trinajstić information content (AvgIpc) is 2.67. The lowest BCUT2D eigenvalue weighted by Gasteiger charge is -2.13. The number of nitrogens with one attached hydrogen (secondary N) is 1. The Morgan fingerprint density at radius 3 is 3.00 bits per heavy atom. The highest BCUT2D eigenvalue weighted by Gasteiger charge is 2.22. The first-order chi connectivity index (χ1) is 8.49. The number of rotatable bonds is 4. The molecule has 1 aromatic carbocycles. The third-order valence-corrected chi connectivity index (χ3v) is 3.39. The van der Waals surface area contributed by atoms with Crippen LogP contribution in [0.3, 0.4) is 0 Å². The summed E-state index contributed by atoms with van der Waals surface area (Å²) in [5.41, 5.74) is 2.29. The summed E-state index contributed by atoms with van der Waals surface area (Å²) >= 11 is 0. The molecule has 4 nitrogen and oxygen atoms in total. The van der Waals surface area contributed by atoms with E-state index < -0.39 is 10.1 Å². The highest BCUT2D eigenvalue weighted by molar-refractivity contribution is 7.86. The van der Waals surface area contributed by atoms with Gasteiger partial charge in [0.1, 0.15) is 5.75 Å². The third-order valence-electron chi connectivity index (χ3n) is 2.89. The second-order valence-corrected chi connectivity index (χ2v) is 5.90. The summed E-state index contributed by atoms with van der Waals surface area (Å²) in [7, 11) is -3.48. The van der Waals surface area contributed by atoms with Gasteiger partial charge in [0.2, 0.25) is 0 Å². The standard InChI is InChI=1S/C13H15NO3S/c1-3-8-14-13-7-5-10-4-6-11(9-12(10)13)17-18(2,15)16/h1,4,6,9,13-14H,5,7-8H2,2H3/t13-/m0/s1. The molecule has 1 aliphatic rings. The lowest BCUT2D eigenvalue weighted by molar-refractivity contribution is 0.491. The summed E-state index contributed by atoms with van der Waals surface area (Å²) in [5, 5.41) is 3.24. The van der Waals surface area contributed by atoms with Crippen LogP contribution in [0.2, 0.25) is 0 Å². The van der Waals surface area contributed by atoms with Crippen molar-refractivity contribution in [3.8, 4) is 18.1 Å². The van der Waals surface area contributed by atoms with E-state index in [2.05, 4.69) is 11.2 Å². The Morgan fingerprint density at radius 1 is 1.56 bits per heavy atom. The van der Waals surface area contributed by atoms with Crippen LogP contribution in [-0.2, 0) is 16.5 Å². The van der Waals surface area contributed by atoms with Crippen LogP contribution in [0.25, 0.3) is 0 Å². The second-order valence-electron chi connectivity index (χ2n) is 4.32. The van der Waals surface area contributed by atoms with Crippen molar-refractivity contribution in [3.05, 3.63) is 29.3 Å². The first-order valence-electron chi connectivity index (χ1n) is 5.69. The van der Waals surface area contributed by atoms with Crippen LogP contribution in [0.4, 0.5) is 0 Å². The summed E-state index contributed by atoms with van der Waals surface area (Å²) in [6, 6.07) is 5.55. The zero-order valence-electron chi connectivity index (χ0n) is 10.1. The molecule has 1 atom stereocenters. The van der Waals surface area contributed by atoms with Gasteiger partial charge in [-0.25, -0.2) is 0 Å². The molecule has 0 unspecified atom stereocenters. The summed E-state index contributed by atoms with van der Waals surface area (Å²) in [5.74, 6) is 2.89. The lowest BCUT2D eigenvalue weighted by Crippen LogP contribution is -2.19. The molecule has 0 heterocycles. The van der Waals surface area contributed by atoms with E-state index in [0.717, 1.165) is 24.7 Å². The Kier molecular flexibility index (Phi) is 3.60. The largest absolute Gasteiger partial charge is 0.383 e. The van der Waals surface area contributed by atoms with Gasteiger partial charge in [0.05, 0.1) is 12.8 Å². The molecule has 0 radical (unpaired) electrons. The van der Waals surface area contributed by atoms with Crippen molar-refractivity contribution >= 4 is 10.1 Å². The van der Waals surface area contributed by atoms with Gasteiger partial charge in [-0.2, -0.15) is 8.42 Å². The molecular formula is C13H15NO3S. The zero-order valence-corrected chi connectivity index (χ0v) is 11.0. The van der Waals surface area contributed by atoms with Gasteiger partial charge in [-0.1, -0.05) is 12.0 Å². The van der Waals surface area contributed by atoms with Crippen molar-refractivity contribution in [2.24, 2.45) is 0 Å². The number of hydrogen-bond acceptors (Lipinski definition) is 4. The number of aryl methyl sites for hydroxylation is 1. The molecule has 0 amide bonds. The molecule has 0 saturated heterocycles. The summed E-state index contributed by atoms with van der Waals surface area (Å²) < 4.78 is 27.1. The first kappa shape index (κ1) is 12.9. The van der Waals surface area contributed by atoms with Crippen LogP contribution >= 0.6 is 0 Å². The molecule has 2 rings (SSSR count). The molecule has 0 fully saturated rings. The molecule has 0 aliphatic heterocycles. The second kappa shape index (κ2) is 5.01. The fourth-order valence-electron chi connectivity index (χ4n) is 2.20. The molecular weight excluding hydrogens is 250 g/mol. The van der Waals surface area contributed by atoms with Gasteiger partial charge >= 0.3 is 10.1 Å². The van der Waals surface area contributed by atoms with Crippen LogP contribution in [0, 0.1) is 12.3 Å². The lowest BCUT2D eigenvalue weighted by atomic mass is 10.1. The first-order valence-corrected chi connectivity index (χ1v) is 7.50. The molecule has 96 valence electrons. The van der Waals surface area contributed by atoms with E-state index in [1.807, 2.05) is 6.07 Å². The fraction of sp³-hybridized carbons (Fsp3) is 0.385. The summed E-state index contributed by atoms with van der Waals surface area (Å²) in [4.78, 5) is 0. The van der Waals surface area contributed by atoms with Gasteiger partial charge in [-0.3, -0.25) is 5.32 Å². The Balaban J connectivity index is 2.23. The zero-order chi connectivity index (χ0) is 13.2. The predicted octanol–water partition coefficient (Wildman–Crippen LogP) is 1.24. The van der Waals surface area contributed by atoms with Crippen LogP contribution in [0.1, 0.15) is 23.6 Å². The van der Waals surface area contributed by atoms with Crippen molar-refractivity contribution < 1.29 is 12.6 Å². The molecule has 0 saturated carbocycles. The van der Waals surface area contributed by atoms with Crippen molar-refractivity contribution in [1.82, 2.24) is 5.32 Å². The van der Waals surface area contributed by atoms with Crippen molar-refractivity contribution in [2.45, 2.75) is 18.9 Å². The molecule has 18 heavy (non-hydrogen) atoms. The van der Waals surface area contributed by atoms with Crippen LogP contribution < -0.4 is 9.50 Å². The molecule has 5 heteroatoms. The number of benzene rings is 1. The highest BCUT2D eigenvalue weighted by atomic mass is 32.2. The minimum absolute atomic E-state index is 0.180. The van der Waals surface area contributed by atoms with E-state index in [9.17, 15) is 8.42 Å². The third kappa shape index (κ3) is 3.03. The number of terminal acetylenes is 1. The van der Waals surface area contributed by atoms with Crippen molar-refractivity contribution in [1.29, 1.82) is 0 Å². The molecule has 0 bridgehead atoms. The Labute approximate surface area is 107 Å². The highest BCUT2D eigenvalue weighted by Crippen LogP contribution is 2.33. The molecule has 0 aromatic heterocycles. The number of fused-ring (bicyclic) bond motifs is 1. The smallest absolute Gasteiger partial charge is 0.306 e. The number of hydrogen-bond donors (Lipinski definition) is 1. The average molecular weight is 265 g/mol. The monoisotopic (exact) mass is 265 g/mol. The van der Waals surface area contributed by atoms with Gasteiger partial charge in [0, 0.05) is 6.04 Å². The molecule has 1 aromatic rings. The normalized spacial score (nSPS) is 18.1. The van der Waals surface area contributed by atoms with E-state index in [4.69, 9.17) is 10.6 Å². The van der Waals surface area contributed by atoms with Gasteiger partial charge in [-0.15, -0.1) is 6.42 Å². The Hall–Kier alpha value is -1.51.